The van der Waals surface area contributed by atoms with Crippen LogP contribution in [0.15, 0.2) is 6.20 Å². The van der Waals surface area contributed by atoms with Gasteiger partial charge in [0.2, 0.25) is 11.8 Å². The van der Waals surface area contributed by atoms with Crippen LogP contribution in [0.2, 0.25) is 0 Å². The van der Waals surface area contributed by atoms with Crippen LogP contribution in [0.5, 0.6) is 0 Å². The summed E-state index contributed by atoms with van der Waals surface area (Å²) in [7, 11) is 0. The zero-order valence-electron chi connectivity index (χ0n) is 16.7. The molecule has 3 aliphatic rings. The van der Waals surface area contributed by atoms with Crippen molar-refractivity contribution >= 4 is 17.5 Å². The van der Waals surface area contributed by atoms with Crippen LogP contribution in [0, 0.1) is 0 Å². The van der Waals surface area contributed by atoms with Gasteiger partial charge in [0.25, 0.3) is 0 Å². The molecule has 0 spiro atoms. The van der Waals surface area contributed by atoms with Crippen LogP contribution in [0.25, 0.3) is 0 Å². The Hall–Kier alpha value is -1.93. The van der Waals surface area contributed by atoms with E-state index in [4.69, 9.17) is 4.74 Å². The first-order valence-electron chi connectivity index (χ1n) is 10.6. The summed E-state index contributed by atoms with van der Waals surface area (Å²) in [6.07, 6.45) is 7.73. The lowest BCUT2D eigenvalue weighted by atomic mass is 9.93. The summed E-state index contributed by atoms with van der Waals surface area (Å²) in [4.78, 5) is 29.3. The van der Waals surface area contributed by atoms with Crippen molar-refractivity contribution in [2.75, 3.05) is 38.2 Å². The smallest absolute Gasteiger partial charge is 0.239 e. The molecule has 2 N–H and O–H groups in total. The number of hydrogen-bond acceptors (Lipinski definition) is 5. The summed E-state index contributed by atoms with van der Waals surface area (Å²) in [6, 6.07) is 0.489. The van der Waals surface area contributed by atoms with Crippen LogP contribution in [-0.4, -0.2) is 76.7 Å². The number of anilines is 1. The zero-order valence-corrected chi connectivity index (χ0v) is 16.7. The average Bonchev–Trinajstić information content (AvgIpc) is 3.37. The third-order valence-electron chi connectivity index (χ3n) is 6.36. The Morgan fingerprint density at radius 3 is 2.75 bits per heavy atom. The molecule has 1 aromatic rings. The zero-order chi connectivity index (χ0) is 19.5. The second kappa shape index (κ2) is 8.61. The van der Waals surface area contributed by atoms with Gasteiger partial charge in [-0.15, -0.1) is 0 Å². The minimum atomic E-state index is -0.107. The molecular weight excluding hydrogens is 358 g/mol. The molecule has 154 valence electrons. The molecule has 0 bridgehead atoms. The van der Waals surface area contributed by atoms with Crippen LogP contribution < -0.4 is 5.32 Å². The van der Waals surface area contributed by atoms with Gasteiger partial charge in [-0.05, 0) is 45.1 Å². The molecule has 2 unspecified atom stereocenters. The lowest BCUT2D eigenvalue weighted by Crippen LogP contribution is -2.52. The standard InChI is InChI=1S/C20H31N5O3/c1-14(26)22-17-12-21-23-19(17)15-4-2-8-24(13-15)20(27)18-5-3-9-25(18)16-6-10-28-11-7-16/h12,15-16,18H,2-11,13H2,1H3,(H,21,23)(H,22,26). The van der Waals surface area contributed by atoms with Gasteiger partial charge in [-0.2, -0.15) is 5.10 Å². The van der Waals surface area contributed by atoms with Crippen molar-refractivity contribution in [3.8, 4) is 0 Å². The molecule has 8 nitrogen and oxygen atoms in total. The van der Waals surface area contributed by atoms with E-state index >= 15 is 0 Å². The molecule has 0 aliphatic carbocycles. The highest BCUT2D eigenvalue weighted by Crippen LogP contribution is 2.32. The summed E-state index contributed by atoms with van der Waals surface area (Å²) >= 11 is 0. The van der Waals surface area contributed by atoms with E-state index in [2.05, 4.69) is 20.4 Å². The van der Waals surface area contributed by atoms with Gasteiger partial charge >= 0.3 is 0 Å². The monoisotopic (exact) mass is 389 g/mol. The fourth-order valence-corrected chi connectivity index (χ4v) is 5.03. The predicted molar refractivity (Wildman–Crippen MR) is 105 cm³/mol. The first-order chi connectivity index (χ1) is 13.6. The van der Waals surface area contributed by atoms with Gasteiger partial charge in [-0.1, -0.05) is 0 Å². The molecule has 3 saturated heterocycles. The van der Waals surface area contributed by atoms with Crippen LogP contribution in [0.1, 0.15) is 57.1 Å². The number of aromatic amines is 1. The molecule has 4 heterocycles. The minimum Gasteiger partial charge on any atom is -0.381 e. The predicted octanol–water partition coefficient (Wildman–Crippen LogP) is 1.72. The van der Waals surface area contributed by atoms with E-state index in [0.29, 0.717) is 12.6 Å². The third kappa shape index (κ3) is 4.07. The number of H-pyrrole nitrogens is 1. The number of carbonyl (C=O) groups is 2. The molecule has 0 saturated carbocycles. The highest BCUT2D eigenvalue weighted by atomic mass is 16.5. The van der Waals surface area contributed by atoms with E-state index in [1.54, 1.807) is 6.20 Å². The Labute approximate surface area is 166 Å². The van der Waals surface area contributed by atoms with Crippen LogP contribution >= 0.6 is 0 Å². The van der Waals surface area contributed by atoms with Crippen molar-refractivity contribution in [1.29, 1.82) is 0 Å². The number of aromatic nitrogens is 2. The summed E-state index contributed by atoms with van der Waals surface area (Å²) in [6.45, 7) is 5.63. The number of rotatable bonds is 4. The maximum absolute atomic E-state index is 13.4. The summed E-state index contributed by atoms with van der Waals surface area (Å²) < 4.78 is 5.50. The number of carbonyl (C=O) groups excluding carboxylic acids is 2. The van der Waals surface area contributed by atoms with Gasteiger partial charge in [0.15, 0.2) is 0 Å². The molecule has 2 atom stereocenters. The largest absolute Gasteiger partial charge is 0.381 e. The van der Waals surface area contributed by atoms with Crippen LogP contribution in [-0.2, 0) is 14.3 Å². The summed E-state index contributed by atoms with van der Waals surface area (Å²) in [5.41, 5.74) is 1.66. The normalized spacial score (nSPS) is 27.1. The number of ether oxygens (including phenoxy) is 1. The van der Waals surface area contributed by atoms with Crippen molar-refractivity contribution in [1.82, 2.24) is 20.0 Å². The molecule has 3 aliphatic heterocycles. The number of hydrogen-bond donors (Lipinski definition) is 2. The molecular formula is C20H31N5O3. The van der Waals surface area contributed by atoms with E-state index in [1.165, 1.54) is 6.92 Å². The molecule has 0 aromatic carbocycles. The Morgan fingerprint density at radius 1 is 1.18 bits per heavy atom. The molecule has 8 heteroatoms. The number of nitrogens with one attached hydrogen (secondary N) is 2. The van der Waals surface area contributed by atoms with Gasteiger partial charge in [-0.25, -0.2) is 0 Å². The SMILES string of the molecule is CC(=O)Nc1cn[nH]c1C1CCCN(C(=O)C2CCCN2C2CCOCC2)C1. The highest BCUT2D eigenvalue weighted by molar-refractivity contribution is 5.89. The van der Waals surface area contributed by atoms with Crippen molar-refractivity contribution in [3.05, 3.63) is 11.9 Å². The van der Waals surface area contributed by atoms with Gasteiger partial charge < -0.3 is 15.0 Å². The Bertz CT molecular complexity index is 700. The fourth-order valence-electron chi connectivity index (χ4n) is 5.03. The van der Waals surface area contributed by atoms with Crippen molar-refractivity contribution in [2.45, 2.75) is 63.5 Å². The van der Waals surface area contributed by atoms with Gasteiger partial charge in [0.05, 0.1) is 23.6 Å². The van der Waals surface area contributed by atoms with Crippen LogP contribution in [0.3, 0.4) is 0 Å². The van der Waals surface area contributed by atoms with E-state index in [-0.39, 0.29) is 23.8 Å². The number of piperidine rings is 1. The molecule has 2 amide bonds. The second-order valence-electron chi connectivity index (χ2n) is 8.24. The molecule has 1 aromatic heterocycles. The highest BCUT2D eigenvalue weighted by Gasteiger charge is 2.39. The van der Waals surface area contributed by atoms with Gasteiger partial charge in [0.1, 0.15) is 0 Å². The van der Waals surface area contributed by atoms with Crippen molar-refractivity contribution in [2.24, 2.45) is 0 Å². The quantitative estimate of drug-likeness (QED) is 0.818. The van der Waals surface area contributed by atoms with Crippen molar-refractivity contribution < 1.29 is 14.3 Å². The Balaban J connectivity index is 1.43. The number of amides is 2. The molecule has 4 rings (SSSR count). The first kappa shape index (κ1) is 19.4. The second-order valence-corrected chi connectivity index (χ2v) is 8.24. The van der Waals surface area contributed by atoms with E-state index < -0.39 is 0 Å². The lowest BCUT2D eigenvalue weighted by molar-refractivity contribution is -0.138. The number of likely N-dealkylation sites (tertiary alicyclic amines) is 2. The molecule has 28 heavy (non-hydrogen) atoms. The van der Waals surface area contributed by atoms with Gasteiger partial charge in [0, 0.05) is 45.2 Å². The maximum Gasteiger partial charge on any atom is 0.239 e. The number of nitrogens with zero attached hydrogens (tertiary/aromatic N) is 3. The molecule has 3 fully saturated rings. The van der Waals surface area contributed by atoms with E-state index in [1.807, 2.05) is 4.90 Å². The molecule has 0 radical (unpaired) electrons. The van der Waals surface area contributed by atoms with E-state index in [0.717, 1.165) is 76.2 Å². The van der Waals surface area contributed by atoms with Crippen LogP contribution in [0.4, 0.5) is 5.69 Å². The summed E-state index contributed by atoms with van der Waals surface area (Å²) in [5, 5.41) is 9.99. The fraction of sp³-hybridized carbons (Fsp3) is 0.750. The third-order valence-corrected chi connectivity index (χ3v) is 6.36. The first-order valence-corrected chi connectivity index (χ1v) is 10.6. The average molecular weight is 390 g/mol. The van der Waals surface area contributed by atoms with Gasteiger partial charge in [-0.3, -0.25) is 19.6 Å². The Morgan fingerprint density at radius 2 is 1.96 bits per heavy atom. The Kier molecular flexibility index (Phi) is 5.96. The lowest BCUT2D eigenvalue weighted by Gasteiger charge is -2.39. The topological polar surface area (TPSA) is 90.6 Å². The maximum atomic E-state index is 13.4. The van der Waals surface area contributed by atoms with Crippen molar-refractivity contribution in [3.63, 3.8) is 0 Å². The van der Waals surface area contributed by atoms with E-state index in [9.17, 15) is 9.59 Å². The minimum absolute atomic E-state index is 0.0124. The summed E-state index contributed by atoms with van der Waals surface area (Å²) in [5.74, 6) is 0.346.